The number of hydrogen-bond acceptors (Lipinski definition) is 6. The number of ether oxygens (including phenoxy) is 2. The predicted octanol–water partition coefficient (Wildman–Crippen LogP) is 4.19. The second kappa shape index (κ2) is 11.1. The van der Waals surface area contributed by atoms with Gasteiger partial charge in [0.15, 0.2) is 0 Å². The highest BCUT2D eigenvalue weighted by Crippen LogP contribution is 2.31. The van der Waals surface area contributed by atoms with E-state index in [1.165, 1.54) is 22.5 Å². The molecule has 3 N–H and O–H groups in total. The summed E-state index contributed by atoms with van der Waals surface area (Å²) in [6.45, 7) is 7.88. The third kappa shape index (κ3) is 6.50. The summed E-state index contributed by atoms with van der Waals surface area (Å²) in [4.78, 5) is -0.196. The Morgan fingerprint density at radius 2 is 1.76 bits per heavy atom. The van der Waals surface area contributed by atoms with E-state index in [1.54, 1.807) is 12.1 Å². The van der Waals surface area contributed by atoms with Gasteiger partial charge in [0.25, 0.3) is 10.0 Å². The fourth-order valence-electron chi connectivity index (χ4n) is 3.82. The summed E-state index contributed by atoms with van der Waals surface area (Å²) in [6, 6.07) is 11.5. The molecular formula is C24H35N3O5S2. The molecule has 1 atom stereocenters. The van der Waals surface area contributed by atoms with E-state index in [0.29, 0.717) is 25.5 Å². The zero-order valence-electron chi connectivity index (χ0n) is 20.0. The summed E-state index contributed by atoms with van der Waals surface area (Å²) in [5.74, 6) is 0.518. The van der Waals surface area contributed by atoms with E-state index in [-0.39, 0.29) is 33.9 Å². The van der Waals surface area contributed by atoms with Gasteiger partial charge in [-0.3, -0.25) is 4.31 Å². The van der Waals surface area contributed by atoms with E-state index >= 15 is 0 Å². The molecule has 0 bridgehead atoms. The van der Waals surface area contributed by atoms with Crippen molar-refractivity contribution in [2.24, 2.45) is 17.0 Å². The van der Waals surface area contributed by atoms with Crippen molar-refractivity contribution in [3.8, 4) is 5.75 Å². The standard InChI is InChI=1S/C24H35N3O5S2/c1-4-19-5-7-21(8-6-19)27(16-18(2)3)34(29,30)22-9-10-23(24(15-22)33(25,26)28)32-17-20-11-13-31-14-12-20/h5-10,15,18,20H,4,11-14,16-17H2,1-3H3,(H3,25,26,28). The zero-order chi connectivity index (χ0) is 24.9. The van der Waals surface area contributed by atoms with Crippen molar-refractivity contribution in [2.75, 3.05) is 30.7 Å². The van der Waals surface area contributed by atoms with Gasteiger partial charge in [0.05, 0.1) is 17.2 Å². The first kappa shape index (κ1) is 26.5. The molecule has 0 spiro atoms. The second-order valence-electron chi connectivity index (χ2n) is 9.03. The maximum absolute atomic E-state index is 13.7. The van der Waals surface area contributed by atoms with Gasteiger partial charge in [0.1, 0.15) is 20.6 Å². The Balaban J connectivity index is 1.97. The van der Waals surface area contributed by atoms with Gasteiger partial charge in [-0.05, 0) is 67.0 Å². The topological polar surface area (TPSA) is 123 Å². The van der Waals surface area contributed by atoms with E-state index < -0.39 is 19.9 Å². The van der Waals surface area contributed by atoms with Crippen LogP contribution in [0.15, 0.2) is 52.3 Å². The summed E-state index contributed by atoms with van der Waals surface area (Å²) >= 11 is 0. The molecule has 0 radical (unpaired) electrons. The van der Waals surface area contributed by atoms with Crippen LogP contribution in [-0.2, 0) is 31.1 Å². The lowest BCUT2D eigenvalue weighted by atomic mass is 10.0. The molecule has 0 aromatic heterocycles. The lowest BCUT2D eigenvalue weighted by Crippen LogP contribution is -2.34. The van der Waals surface area contributed by atoms with E-state index in [1.807, 2.05) is 32.9 Å². The molecule has 1 unspecified atom stereocenters. The van der Waals surface area contributed by atoms with Gasteiger partial charge < -0.3 is 9.47 Å². The van der Waals surface area contributed by atoms with Gasteiger partial charge in [0.2, 0.25) is 0 Å². The van der Waals surface area contributed by atoms with Crippen LogP contribution in [-0.4, -0.2) is 39.0 Å². The number of aryl methyl sites for hydroxylation is 1. The number of anilines is 1. The molecule has 2 aromatic carbocycles. The van der Waals surface area contributed by atoms with Gasteiger partial charge in [-0.1, -0.05) is 32.9 Å². The Morgan fingerprint density at radius 1 is 1.12 bits per heavy atom. The Bertz CT molecular complexity index is 1170. The summed E-state index contributed by atoms with van der Waals surface area (Å²) in [6.07, 6.45) is 2.55. The summed E-state index contributed by atoms with van der Waals surface area (Å²) < 4.78 is 60.5. The Labute approximate surface area is 203 Å². The third-order valence-electron chi connectivity index (χ3n) is 5.81. The van der Waals surface area contributed by atoms with Crippen molar-refractivity contribution >= 4 is 25.6 Å². The van der Waals surface area contributed by atoms with Crippen molar-refractivity contribution in [1.29, 1.82) is 4.78 Å². The van der Waals surface area contributed by atoms with Crippen molar-refractivity contribution in [3.05, 3.63) is 48.0 Å². The molecule has 1 saturated heterocycles. The molecule has 0 aliphatic carbocycles. The van der Waals surface area contributed by atoms with Crippen molar-refractivity contribution in [3.63, 3.8) is 0 Å². The van der Waals surface area contributed by atoms with E-state index in [0.717, 1.165) is 24.8 Å². The number of nitrogens with zero attached hydrogens (tertiary/aromatic N) is 1. The van der Waals surface area contributed by atoms with Gasteiger partial charge in [-0.25, -0.2) is 22.5 Å². The molecule has 34 heavy (non-hydrogen) atoms. The third-order valence-corrected chi connectivity index (χ3v) is 8.57. The maximum Gasteiger partial charge on any atom is 0.264 e. The molecule has 0 amide bonds. The van der Waals surface area contributed by atoms with Crippen LogP contribution in [0.3, 0.4) is 0 Å². The number of nitrogens with two attached hydrogens (primary N) is 1. The number of sulfonamides is 1. The zero-order valence-corrected chi connectivity index (χ0v) is 21.7. The van der Waals surface area contributed by atoms with Crippen molar-refractivity contribution in [2.45, 2.75) is 49.8 Å². The Hall–Kier alpha value is -2.14. The lowest BCUT2D eigenvalue weighted by molar-refractivity contribution is 0.0493. The fraction of sp³-hybridized carbons (Fsp3) is 0.500. The second-order valence-corrected chi connectivity index (χ2v) is 12.5. The number of rotatable bonds is 10. The smallest absolute Gasteiger partial charge is 0.264 e. The molecule has 1 fully saturated rings. The van der Waals surface area contributed by atoms with E-state index in [9.17, 15) is 12.6 Å². The molecular weight excluding hydrogens is 474 g/mol. The van der Waals surface area contributed by atoms with Crippen molar-refractivity contribution < 1.29 is 22.1 Å². The molecule has 2 aromatic rings. The summed E-state index contributed by atoms with van der Waals surface area (Å²) in [5.41, 5.74) is 1.66. The van der Waals surface area contributed by atoms with Gasteiger partial charge in [0, 0.05) is 19.8 Å². The quantitative estimate of drug-likeness (QED) is 0.497. The van der Waals surface area contributed by atoms with Crippen LogP contribution in [0, 0.1) is 16.6 Å². The molecule has 3 rings (SSSR count). The Morgan fingerprint density at radius 3 is 2.32 bits per heavy atom. The molecule has 188 valence electrons. The van der Waals surface area contributed by atoms with Gasteiger partial charge >= 0.3 is 0 Å². The minimum atomic E-state index is -4.01. The monoisotopic (exact) mass is 509 g/mol. The highest BCUT2D eigenvalue weighted by Gasteiger charge is 2.28. The van der Waals surface area contributed by atoms with Crippen LogP contribution in [0.4, 0.5) is 5.69 Å². The largest absolute Gasteiger partial charge is 0.492 e. The van der Waals surface area contributed by atoms with Crippen molar-refractivity contribution in [1.82, 2.24) is 0 Å². The molecule has 10 heteroatoms. The number of benzene rings is 2. The SMILES string of the molecule is CCc1ccc(N(CC(C)C)S(=O)(=O)c2ccc(OCC3CCOCC3)c(S(=N)(N)=O)c2)cc1. The van der Waals surface area contributed by atoms with Crippen LogP contribution < -0.4 is 14.2 Å². The van der Waals surface area contributed by atoms with Crippen LogP contribution in [0.25, 0.3) is 0 Å². The van der Waals surface area contributed by atoms with Crippen LogP contribution in [0.2, 0.25) is 0 Å². The van der Waals surface area contributed by atoms with E-state index in [2.05, 4.69) is 0 Å². The number of hydrogen-bond donors (Lipinski definition) is 2. The van der Waals surface area contributed by atoms with Gasteiger partial charge in [-0.15, -0.1) is 0 Å². The minimum absolute atomic E-state index is 0.0667. The number of nitrogens with one attached hydrogen (secondary N) is 1. The van der Waals surface area contributed by atoms with Crippen LogP contribution in [0.5, 0.6) is 5.75 Å². The highest BCUT2D eigenvalue weighted by atomic mass is 32.2. The first-order chi connectivity index (χ1) is 16.0. The highest BCUT2D eigenvalue weighted by molar-refractivity contribution is 7.93. The van der Waals surface area contributed by atoms with E-state index in [4.69, 9.17) is 19.4 Å². The summed E-state index contributed by atoms with van der Waals surface area (Å²) in [5, 5.41) is 5.66. The first-order valence-corrected chi connectivity index (χ1v) is 14.6. The molecule has 0 saturated carbocycles. The fourth-order valence-corrected chi connectivity index (χ4v) is 6.28. The summed E-state index contributed by atoms with van der Waals surface area (Å²) in [7, 11) is -7.73. The molecule has 1 aliphatic rings. The first-order valence-electron chi connectivity index (χ1n) is 11.5. The average molecular weight is 510 g/mol. The minimum Gasteiger partial charge on any atom is -0.492 e. The Kier molecular flexibility index (Phi) is 8.62. The van der Waals surface area contributed by atoms with Crippen LogP contribution in [0.1, 0.15) is 39.2 Å². The maximum atomic E-state index is 13.7. The average Bonchev–Trinajstić information content (AvgIpc) is 2.81. The molecule has 8 nitrogen and oxygen atoms in total. The normalized spacial score (nSPS) is 16.9. The predicted molar refractivity (Wildman–Crippen MR) is 134 cm³/mol. The van der Waals surface area contributed by atoms with Crippen LogP contribution >= 0.6 is 0 Å². The van der Waals surface area contributed by atoms with Gasteiger partial charge in [-0.2, -0.15) is 0 Å². The molecule has 1 heterocycles. The molecule has 1 aliphatic heterocycles. The lowest BCUT2D eigenvalue weighted by Gasteiger charge is -2.27.